The van der Waals surface area contributed by atoms with E-state index in [9.17, 15) is 10.1 Å². The lowest BCUT2D eigenvalue weighted by molar-refractivity contribution is -0.114. The maximum Gasteiger partial charge on any atom is 0.221 e. The van der Waals surface area contributed by atoms with Gasteiger partial charge in [0.1, 0.15) is 17.4 Å². The van der Waals surface area contributed by atoms with Crippen LogP contribution in [-0.2, 0) is 4.79 Å². The molecule has 1 amide bonds. The highest BCUT2D eigenvalue weighted by molar-refractivity contribution is 5.88. The number of fused-ring (bicyclic) bond motifs is 1. The van der Waals surface area contributed by atoms with E-state index in [-0.39, 0.29) is 17.7 Å². The zero-order valence-corrected chi connectivity index (χ0v) is 13.0. The van der Waals surface area contributed by atoms with Crippen LogP contribution in [-0.4, -0.2) is 5.91 Å². The molecule has 1 aliphatic heterocycles. The van der Waals surface area contributed by atoms with E-state index >= 15 is 0 Å². The normalized spacial score (nSPS) is 15.9. The summed E-state index contributed by atoms with van der Waals surface area (Å²) in [6.45, 7) is 1.45. The molecule has 0 fully saturated rings. The van der Waals surface area contributed by atoms with E-state index in [0.717, 1.165) is 11.1 Å². The summed E-state index contributed by atoms with van der Waals surface area (Å²) in [6.07, 6.45) is 0. The Morgan fingerprint density at radius 3 is 2.54 bits per heavy atom. The molecule has 1 aliphatic rings. The highest BCUT2D eigenvalue weighted by Crippen LogP contribution is 2.42. The van der Waals surface area contributed by atoms with Gasteiger partial charge in [-0.3, -0.25) is 4.79 Å². The monoisotopic (exact) mass is 320 g/mol. The smallest absolute Gasteiger partial charge is 0.221 e. The van der Waals surface area contributed by atoms with Gasteiger partial charge in [-0.2, -0.15) is 5.26 Å². The Hall–Kier alpha value is -3.46. The Labute approximate surface area is 139 Å². The number of anilines is 2. The van der Waals surface area contributed by atoms with Gasteiger partial charge in [-0.15, -0.1) is 0 Å². The number of nitrogens with one attached hydrogen (secondary N) is 1. The van der Waals surface area contributed by atoms with Gasteiger partial charge in [0.2, 0.25) is 11.8 Å². The summed E-state index contributed by atoms with van der Waals surface area (Å²) < 4.78 is 5.54. The molecule has 1 atom stereocenters. The minimum absolute atomic E-state index is 0.0755. The van der Waals surface area contributed by atoms with Crippen LogP contribution in [0.5, 0.6) is 5.75 Å². The molecule has 1 heterocycles. The number of carbonyl (C=O) groups is 1. The van der Waals surface area contributed by atoms with Crippen molar-refractivity contribution in [2.45, 2.75) is 12.8 Å². The average molecular weight is 320 g/mol. The first-order valence-electron chi connectivity index (χ1n) is 7.34. The van der Waals surface area contributed by atoms with E-state index in [0.29, 0.717) is 22.7 Å². The summed E-state index contributed by atoms with van der Waals surface area (Å²) >= 11 is 0. The number of ether oxygens (including phenoxy) is 1. The third kappa shape index (κ3) is 2.75. The van der Waals surface area contributed by atoms with Crippen molar-refractivity contribution in [1.29, 1.82) is 5.26 Å². The third-order valence-corrected chi connectivity index (χ3v) is 3.81. The zero-order chi connectivity index (χ0) is 17.3. The topological polar surface area (TPSA) is 114 Å². The Kier molecular flexibility index (Phi) is 3.84. The number of hydrogen-bond acceptors (Lipinski definition) is 5. The van der Waals surface area contributed by atoms with Crippen LogP contribution in [0.2, 0.25) is 0 Å². The highest BCUT2D eigenvalue weighted by atomic mass is 16.5. The molecule has 0 unspecified atom stereocenters. The summed E-state index contributed by atoms with van der Waals surface area (Å²) in [4.78, 5) is 11.1. The van der Waals surface area contributed by atoms with Gasteiger partial charge in [0, 0.05) is 29.9 Å². The number of nitrogen functional groups attached to an aromatic ring is 1. The van der Waals surface area contributed by atoms with Crippen LogP contribution < -0.4 is 21.5 Å². The molecule has 24 heavy (non-hydrogen) atoms. The van der Waals surface area contributed by atoms with Crippen LogP contribution >= 0.6 is 0 Å². The van der Waals surface area contributed by atoms with Crippen molar-refractivity contribution in [2.75, 3.05) is 11.1 Å². The molecule has 6 heteroatoms. The summed E-state index contributed by atoms with van der Waals surface area (Å²) in [6, 6.07) is 14.7. The lowest BCUT2D eigenvalue weighted by atomic mass is 9.83. The molecule has 120 valence electrons. The van der Waals surface area contributed by atoms with Crippen LogP contribution in [0.3, 0.4) is 0 Å². The molecule has 0 radical (unpaired) electrons. The van der Waals surface area contributed by atoms with Crippen molar-refractivity contribution < 1.29 is 9.53 Å². The number of nitrogens with zero attached hydrogens (tertiary/aromatic N) is 1. The minimum Gasteiger partial charge on any atom is -0.440 e. The van der Waals surface area contributed by atoms with Crippen LogP contribution in [0.1, 0.15) is 24.0 Å². The van der Waals surface area contributed by atoms with E-state index in [1.165, 1.54) is 6.92 Å². The van der Waals surface area contributed by atoms with Crippen molar-refractivity contribution in [3.05, 3.63) is 65.0 Å². The van der Waals surface area contributed by atoms with Gasteiger partial charge in [0.15, 0.2) is 0 Å². The zero-order valence-electron chi connectivity index (χ0n) is 13.0. The first kappa shape index (κ1) is 15.4. The number of carbonyl (C=O) groups excluding carboxylic acids is 1. The van der Waals surface area contributed by atoms with E-state index < -0.39 is 0 Å². The molecule has 2 aromatic rings. The molecular weight excluding hydrogens is 304 g/mol. The number of nitriles is 1. The quantitative estimate of drug-likeness (QED) is 0.735. The van der Waals surface area contributed by atoms with E-state index in [2.05, 4.69) is 11.4 Å². The van der Waals surface area contributed by atoms with Crippen LogP contribution in [0.15, 0.2) is 53.9 Å². The Bertz CT molecular complexity index is 879. The van der Waals surface area contributed by atoms with Crippen LogP contribution in [0, 0.1) is 11.3 Å². The summed E-state index contributed by atoms with van der Waals surface area (Å²) in [7, 11) is 0. The van der Waals surface area contributed by atoms with Crippen molar-refractivity contribution in [1.82, 2.24) is 0 Å². The first-order chi connectivity index (χ1) is 11.5. The second-order valence-electron chi connectivity index (χ2n) is 5.53. The van der Waals surface area contributed by atoms with Gasteiger partial charge in [-0.25, -0.2) is 0 Å². The van der Waals surface area contributed by atoms with Gasteiger partial charge >= 0.3 is 0 Å². The van der Waals surface area contributed by atoms with E-state index in [1.54, 1.807) is 24.3 Å². The van der Waals surface area contributed by atoms with Crippen LogP contribution in [0.4, 0.5) is 11.4 Å². The second-order valence-corrected chi connectivity index (χ2v) is 5.53. The number of nitrogens with two attached hydrogens (primary N) is 2. The fraction of sp³-hybridized carbons (Fsp3) is 0.111. The predicted molar refractivity (Wildman–Crippen MR) is 90.9 cm³/mol. The molecule has 6 nitrogen and oxygen atoms in total. The van der Waals surface area contributed by atoms with Crippen molar-refractivity contribution in [3.63, 3.8) is 0 Å². The predicted octanol–water partition coefficient (Wildman–Crippen LogP) is 2.45. The SMILES string of the molecule is CC(=O)Nc1ccc([C@H]2C(C#N)=C(N)Oc3cc(N)ccc32)cc1. The van der Waals surface area contributed by atoms with E-state index in [4.69, 9.17) is 16.2 Å². The largest absolute Gasteiger partial charge is 0.440 e. The highest BCUT2D eigenvalue weighted by Gasteiger charge is 2.30. The van der Waals surface area contributed by atoms with Gasteiger partial charge in [-0.05, 0) is 23.8 Å². The molecule has 0 aromatic heterocycles. The Morgan fingerprint density at radius 1 is 1.21 bits per heavy atom. The average Bonchev–Trinajstić information content (AvgIpc) is 2.53. The standard InChI is InChI=1S/C18H16N4O2/c1-10(23)22-13-5-2-11(3-6-13)17-14-7-4-12(20)8-16(14)24-18(21)15(17)9-19/h2-8,17H,20-21H2,1H3,(H,22,23)/t17-/m1/s1. The van der Waals surface area contributed by atoms with Crippen molar-refractivity contribution in [2.24, 2.45) is 5.73 Å². The fourth-order valence-corrected chi connectivity index (χ4v) is 2.78. The molecule has 0 saturated carbocycles. The molecular formula is C18H16N4O2. The molecule has 0 aliphatic carbocycles. The van der Waals surface area contributed by atoms with Gasteiger partial charge in [0.25, 0.3) is 0 Å². The lowest BCUT2D eigenvalue weighted by Gasteiger charge is -2.26. The molecule has 0 saturated heterocycles. The number of hydrogen-bond donors (Lipinski definition) is 3. The maximum absolute atomic E-state index is 11.1. The number of benzene rings is 2. The molecule has 0 bridgehead atoms. The molecule has 0 spiro atoms. The van der Waals surface area contributed by atoms with Crippen molar-refractivity contribution >= 4 is 17.3 Å². The molecule has 2 aromatic carbocycles. The second kappa shape index (κ2) is 5.97. The molecule has 3 rings (SSSR count). The van der Waals surface area contributed by atoms with Gasteiger partial charge in [-0.1, -0.05) is 18.2 Å². The summed E-state index contributed by atoms with van der Waals surface area (Å²) in [5, 5.41) is 12.2. The number of amides is 1. The third-order valence-electron chi connectivity index (χ3n) is 3.81. The number of rotatable bonds is 2. The van der Waals surface area contributed by atoms with Crippen molar-refractivity contribution in [3.8, 4) is 11.8 Å². The number of allylic oxidation sites excluding steroid dienone is 1. The van der Waals surface area contributed by atoms with Gasteiger partial charge < -0.3 is 21.5 Å². The van der Waals surface area contributed by atoms with Crippen LogP contribution in [0.25, 0.3) is 0 Å². The summed E-state index contributed by atoms with van der Waals surface area (Å²) in [5.41, 5.74) is 15.0. The van der Waals surface area contributed by atoms with Gasteiger partial charge in [0.05, 0.1) is 5.92 Å². The fourth-order valence-electron chi connectivity index (χ4n) is 2.78. The Balaban J connectivity index is 2.08. The minimum atomic E-state index is -0.342. The first-order valence-corrected chi connectivity index (χ1v) is 7.34. The maximum atomic E-state index is 11.1. The van der Waals surface area contributed by atoms with E-state index in [1.807, 2.05) is 18.2 Å². The molecule has 5 N–H and O–H groups in total. The Morgan fingerprint density at radius 2 is 1.92 bits per heavy atom. The summed E-state index contributed by atoms with van der Waals surface area (Å²) in [5.74, 6) is 0.135. The lowest BCUT2D eigenvalue weighted by Crippen LogP contribution is -2.21.